The van der Waals surface area contributed by atoms with Gasteiger partial charge in [-0.2, -0.15) is 0 Å². The van der Waals surface area contributed by atoms with Gasteiger partial charge in [-0.3, -0.25) is 4.79 Å². The van der Waals surface area contributed by atoms with Crippen LogP contribution in [0.2, 0.25) is 0 Å². The maximum absolute atomic E-state index is 12.7. The molecule has 0 heterocycles. The van der Waals surface area contributed by atoms with Crippen LogP contribution in [-0.2, 0) is 11.3 Å². The molecule has 29 heavy (non-hydrogen) atoms. The predicted molar refractivity (Wildman–Crippen MR) is 116 cm³/mol. The van der Waals surface area contributed by atoms with E-state index in [2.05, 4.69) is 54.0 Å². The van der Waals surface area contributed by atoms with Gasteiger partial charge in [-0.25, -0.2) is 0 Å². The zero-order chi connectivity index (χ0) is 20.6. The first-order chi connectivity index (χ1) is 14.1. The molecule has 3 N–H and O–H groups in total. The van der Waals surface area contributed by atoms with E-state index in [9.17, 15) is 4.79 Å². The number of nitrogens with two attached hydrogens (primary N) is 1. The van der Waals surface area contributed by atoms with Crippen LogP contribution in [0.5, 0.6) is 5.75 Å². The summed E-state index contributed by atoms with van der Waals surface area (Å²) in [5.74, 6) is 0.833. The third kappa shape index (κ3) is 5.69. The molecule has 0 saturated carbocycles. The van der Waals surface area contributed by atoms with Gasteiger partial charge >= 0.3 is 0 Å². The van der Waals surface area contributed by atoms with Gasteiger partial charge in [-0.15, -0.1) is 0 Å². The number of hydrogen-bond donors (Lipinski definition) is 2. The second-order valence-electron chi connectivity index (χ2n) is 7.35. The molecule has 3 aromatic rings. The number of hydrogen-bond acceptors (Lipinski definition) is 2. The quantitative estimate of drug-likeness (QED) is 0.621. The summed E-state index contributed by atoms with van der Waals surface area (Å²) in [7, 11) is 1.64. The van der Waals surface area contributed by atoms with Gasteiger partial charge in [-0.05, 0) is 31.5 Å². The summed E-state index contributed by atoms with van der Waals surface area (Å²) in [6.45, 7) is 4.54. The van der Waals surface area contributed by atoms with Crippen LogP contribution in [0.25, 0.3) is 0 Å². The highest BCUT2D eigenvalue weighted by Gasteiger charge is 2.24. The fourth-order valence-corrected chi connectivity index (χ4v) is 3.32. The number of nitrogens with one attached hydrogen (secondary N) is 1. The van der Waals surface area contributed by atoms with Crippen molar-refractivity contribution in [3.05, 3.63) is 101 Å². The average Bonchev–Trinajstić information content (AvgIpc) is 2.77. The topological polar surface area (TPSA) is 54.9 Å². The molecule has 3 rings (SSSR count). The van der Waals surface area contributed by atoms with E-state index >= 15 is 0 Å². The fourth-order valence-electron chi connectivity index (χ4n) is 3.32. The van der Waals surface area contributed by atoms with Crippen molar-refractivity contribution in [1.29, 1.82) is 0 Å². The molecule has 0 bridgehead atoms. The minimum absolute atomic E-state index is 0.0221. The molecule has 0 radical (unpaired) electrons. The van der Waals surface area contributed by atoms with Crippen LogP contribution in [0.15, 0.2) is 78.9 Å². The third-order valence-corrected chi connectivity index (χ3v) is 5.12. The zero-order valence-corrected chi connectivity index (χ0v) is 17.3. The van der Waals surface area contributed by atoms with Crippen LogP contribution in [0.4, 0.5) is 0 Å². The van der Waals surface area contributed by atoms with Crippen LogP contribution in [0.1, 0.15) is 35.2 Å². The Balaban J connectivity index is 1.67. The Hall–Kier alpha value is -3.11. The maximum Gasteiger partial charge on any atom is 0.278 e. The third-order valence-electron chi connectivity index (χ3n) is 5.12. The summed E-state index contributed by atoms with van der Waals surface area (Å²) in [5.41, 5.74) is 4.65. The smallest absolute Gasteiger partial charge is 0.278 e. The van der Waals surface area contributed by atoms with Crippen LogP contribution < -0.4 is 15.4 Å². The Labute approximate surface area is 172 Å². The Morgan fingerprint density at radius 1 is 0.931 bits per heavy atom. The zero-order valence-electron chi connectivity index (χ0n) is 17.3. The lowest BCUT2D eigenvalue weighted by atomic mass is 9.97. The summed E-state index contributed by atoms with van der Waals surface area (Å²) in [4.78, 5) is 12.7. The molecular weight excluding hydrogens is 360 g/mol. The number of aryl methyl sites for hydroxylation is 1. The summed E-state index contributed by atoms with van der Waals surface area (Å²) in [6.07, 6.45) is 0. The highest BCUT2D eigenvalue weighted by atomic mass is 16.5. The number of carbonyl (C=O) groups is 1. The Bertz CT molecular complexity index is 906. The molecule has 4 heteroatoms. The average molecular weight is 390 g/mol. The van der Waals surface area contributed by atoms with Crippen molar-refractivity contribution in [3.63, 3.8) is 0 Å². The summed E-state index contributed by atoms with van der Waals surface area (Å²) in [6, 6.07) is 26.4. The summed E-state index contributed by atoms with van der Waals surface area (Å²) >= 11 is 0. The van der Waals surface area contributed by atoms with E-state index in [1.165, 1.54) is 16.7 Å². The lowest BCUT2D eigenvalue weighted by Gasteiger charge is -2.21. The number of rotatable bonds is 8. The minimum Gasteiger partial charge on any atom is -0.497 e. The van der Waals surface area contributed by atoms with Crippen molar-refractivity contribution in [2.75, 3.05) is 7.11 Å². The molecule has 150 valence electrons. The number of ether oxygens (including phenoxy) is 1. The van der Waals surface area contributed by atoms with Crippen molar-refractivity contribution in [3.8, 4) is 5.75 Å². The van der Waals surface area contributed by atoms with Crippen LogP contribution in [0, 0.1) is 6.92 Å². The predicted octanol–water partition coefficient (Wildman–Crippen LogP) is 3.36. The van der Waals surface area contributed by atoms with E-state index in [0.717, 1.165) is 11.3 Å². The second kappa shape index (κ2) is 9.89. The van der Waals surface area contributed by atoms with E-state index in [1.807, 2.05) is 49.4 Å². The number of quaternary nitrogens is 1. The van der Waals surface area contributed by atoms with E-state index in [4.69, 9.17) is 4.74 Å². The van der Waals surface area contributed by atoms with Crippen LogP contribution >= 0.6 is 0 Å². The second-order valence-corrected chi connectivity index (χ2v) is 7.35. The molecule has 1 amide bonds. The summed E-state index contributed by atoms with van der Waals surface area (Å²) in [5, 5.41) is 5.17. The first-order valence-electron chi connectivity index (χ1n) is 9.94. The van der Waals surface area contributed by atoms with E-state index in [-0.39, 0.29) is 18.0 Å². The fraction of sp³-hybridized carbons (Fsp3) is 0.240. The van der Waals surface area contributed by atoms with Gasteiger partial charge in [0.2, 0.25) is 0 Å². The molecule has 3 aromatic carbocycles. The van der Waals surface area contributed by atoms with Crippen molar-refractivity contribution in [2.45, 2.75) is 32.5 Å². The van der Waals surface area contributed by atoms with Gasteiger partial charge in [0.15, 0.2) is 6.04 Å². The number of amides is 1. The van der Waals surface area contributed by atoms with E-state index < -0.39 is 0 Å². The van der Waals surface area contributed by atoms with Gasteiger partial charge < -0.3 is 15.4 Å². The van der Waals surface area contributed by atoms with Gasteiger partial charge in [-0.1, -0.05) is 72.3 Å². The van der Waals surface area contributed by atoms with Crippen molar-refractivity contribution in [2.24, 2.45) is 0 Å². The molecule has 0 aromatic heterocycles. The molecular formula is C25H29N2O2+. The standard InChI is InChI=1S/C25H28N2O2/c1-18-9-13-22(14-10-18)24(21-7-5-4-6-8-21)27-19(2)25(28)26-17-20-11-15-23(29-3)16-12-20/h4-16,19,24,27H,17H2,1-3H3,(H,26,28)/p+1/t19-,24-/m0/s1. The van der Waals surface area contributed by atoms with Gasteiger partial charge in [0.05, 0.1) is 7.11 Å². The highest BCUT2D eigenvalue weighted by molar-refractivity contribution is 5.79. The van der Waals surface area contributed by atoms with Gasteiger partial charge in [0.1, 0.15) is 11.8 Å². The molecule has 4 nitrogen and oxygen atoms in total. The molecule has 0 aliphatic carbocycles. The SMILES string of the molecule is COc1ccc(CNC(=O)[C@H](C)[NH2+][C@@H](c2ccccc2)c2ccc(C)cc2)cc1. The van der Waals surface area contributed by atoms with E-state index in [1.54, 1.807) is 7.11 Å². The lowest BCUT2D eigenvalue weighted by Crippen LogP contribution is -2.92. The Morgan fingerprint density at radius 3 is 2.17 bits per heavy atom. The Kier molecular flexibility index (Phi) is 7.04. The molecule has 0 saturated heterocycles. The first-order valence-corrected chi connectivity index (χ1v) is 9.94. The van der Waals surface area contributed by atoms with Gasteiger partial charge in [0.25, 0.3) is 5.91 Å². The highest BCUT2D eigenvalue weighted by Crippen LogP contribution is 2.19. The van der Waals surface area contributed by atoms with Gasteiger partial charge in [0, 0.05) is 17.7 Å². The number of methoxy groups -OCH3 is 1. The molecule has 0 spiro atoms. The van der Waals surface area contributed by atoms with Crippen LogP contribution in [-0.4, -0.2) is 19.1 Å². The largest absolute Gasteiger partial charge is 0.497 e. The maximum atomic E-state index is 12.7. The number of benzene rings is 3. The molecule has 0 aliphatic heterocycles. The minimum atomic E-state index is -0.222. The first kappa shape index (κ1) is 20.6. The van der Waals surface area contributed by atoms with Crippen LogP contribution in [0.3, 0.4) is 0 Å². The van der Waals surface area contributed by atoms with E-state index in [0.29, 0.717) is 6.54 Å². The molecule has 0 fully saturated rings. The lowest BCUT2D eigenvalue weighted by molar-refractivity contribution is -0.704. The monoisotopic (exact) mass is 389 g/mol. The molecule has 2 atom stereocenters. The molecule has 0 unspecified atom stereocenters. The molecule has 0 aliphatic rings. The van der Waals surface area contributed by atoms with Crippen molar-refractivity contribution >= 4 is 5.91 Å². The number of carbonyl (C=O) groups excluding carboxylic acids is 1. The van der Waals surface area contributed by atoms with Crippen molar-refractivity contribution in [1.82, 2.24) is 5.32 Å². The normalized spacial score (nSPS) is 12.8. The van der Waals surface area contributed by atoms with Crippen molar-refractivity contribution < 1.29 is 14.8 Å². The summed E-state index contributed by atoms with van der Waals surface area (Å²) < 4.78 is 5.18. The Morgan fingerprint density at radius 2 is 1.55 bits per heavy atom.